The number of aromatic amines is 1. The number of aromatic nitrogens is 3. The number of anilines is 2. The van der Waals surface area contributed by atoms with Crippen LogP contribution >= 0.6 is 22.6 Å². The number of imidazole rings is 1. The number of pyridine rings is 1. The van der Waals surface area contributed by atoms with Crippen molar-refractivity contribution in [1.29, 1.82) is 0 Å². The highest BCUT2D eigenvalue weighted by Crippen LogP contribution is 2.29. The van der Waals surface area contributed by atoms with Crippen molar-refractivity contribution in [3.8, 4) is 0 Å². The number of hydrogen-bond donors (Lipinski definition) is 2. The van der Waals surface area contributed by atoms with E-state index in [1.807, 2.05) is 13.0 Å². The number of nitrogens with one attached hydrogen (secondary N) is 2. The third-order valence-corrected chi connectivity index (χ3v) is 3.69. The fourth-order valence-electron chi connectivity index (χ4n) is 2.07. The lowest BCUT2D eigenvalue weighted by Crippen LogP contribution is -2.03. The van der Waals surface area contributed by atoms with E-state index in [4.69, 9.17) is 0 Å². The predicted octanol–water partition coefficient (Wildman–Crippen LogP) is 3.57. The molecule has 0 aliphatic carbocycles. The van der Waals surface area contributed by atoms with Crippen molar-refractivity contribution >= 4 is 51.4 Å². The molecule has 2 aromatic heterocycles. The number of carbonyl (C=O) groups excluding carboxylic acids is 1. The highest BCUT2D eigenvalue weighted by atomic mass is 127. The molecule has 0 bridgehead atoms. The van der Waals surface area contributed by atoms with Crippen molar-refractivity contribution < 1.29 is 9.18 Å². The van der Waals surface area contributed by atoms with E-state index in [0.29, 0.717) is 17.6 Å². The summed E-state index contributed by atoms with van der Waals surface area (Å²) in [6, 6.07) is 3.48. The Morgan fingerprint density at radius 3 is 2.90 bits per heavy atom. The van der Waals surface area contributed by atoms with Crippen LogP contribution in [0, 0.1) is 16.3 Å². The number of hydrogen-bond acceptors (Lipinski definition) is 4. The third kappa shape index (κ3) is 2.48. The minimum atomic E-state index is -0.574. The number of fused-ring (bicyclic) bond motifs is 1. The van der Waals surface area contributed by atoms with Gasteiger partial charge in [0.2, 0.25) is 0 Å². The van der Waals surface area contributed by atoms with E-state index in [1.165, 1.54) is 6.33 Å². The van der Waals surface area contributed by atoms with Crippen LogP contribution in [0.3, 0.4) is 0 Å². The Kier molecular flexibility index (Phi) is 3.58. The molecule has 106 valence electrons. The monoisotopic (exact) mass is 396 g/mol. The number of halogens is 2. The van der Waals surface area contributed by atoms with Gasteiger partial charge in [0.05, 0.1) is 17.5 Å². The first kappa shape index (κ1) is 13.9. The van der Waals surface area contributed by atoms with E-state index >= 15 is 0 Å². The minimum absolute atomic E-state index is 0.0846. The number of rotatable bonds is 3. The zero-order chi connectivity index (χ0) is 15.0. The molecule has 0 fully saturated rings. The molecule has 1 aromatic carbocycles. The van der Waals surface area contributed by atoms with Crippen LogP contribution in [0.4, 0.5) is 15.9 Å². The number of benzene rings is 1. The van der Waals surface area contributed by atoms with E-state index in [0.717, 1.165) is 9.13 Å². The largest absolute Gasteiger partial charge is 0.344 e. The summed E-state index contributed by atoms with van der Waals surface area (Å²) < 4.78 is 15.5. The number of H-pyrrole nitrogens is 1. The van der Waals surface area contributed by atoms with Crippen molar-refractivity contribution in [2.24, 2.45) is 0 Å². The molecule has 2 heterocycles. The van der Waals surface area contributed by atoms with E-state index in [2.05, 4.69) is 42.9 Å². The lowest BCUT2D eigenvalue weighted by atomic mass is 10.1. The average Bonchev–Trinajstić information content (AvgIpc) is 2.92. The van der Waals surface area contributed by atoms with Gasteiger partial charge in [-0.05, 0) is 47.2 Å². The fraction of sp³-hybridized carbons (Fsp3) is 0.0714. The summed E-state index contributed by atoms with van der Waals surface area (Å²) in [7, 11) is 0. The van der Waals surface area contributed by atoms with Gasteiger partial charge in [-0.1, -0.05) is 0 Å². The van der Waals surface area contributed by atoms with Crippen molar-refractivity contribution in [3.05, 3.63) is 45.2 Å². The molecule has 0 saturated carbocycles. The van der Waals surface area contributed by atoms with Gasteiger partial charge in [0.1, 0.15) is 11.3 Å². The lowest BCUT2D eigenvalue weighted by Gasteiger charge is -2.12. The summed E-state index contributed by atoms with van der Waals surface area (Å²) in [4.78, 5) is 22.2. The van der Waals surface area contributed by atoms with Gasteiger partial charge < -0.3 is 10.3 Å². The highest BCUT2D eigenvalue weighted by Gasteiger charge is 2.16. The molecular formula is C14H10FIN4O. The number of aryl methyl sites for hydroxylation is 1. The topological polar surface area (TPSA) is 70.7 Å². The molecule has 0 spiro atoms. The molecule has 5 nitrogen and oxygen atoms in total. The summed E-state index contributed by atoms with van der Waals surface area (Å²) in [5.41, 5.74) is 1.82. The van der Waals surface area contributed by atoms with Crippen molar-refractivity contribution in [3.63, 3.8) is 0 Å². The summed E-state index contributed by atoms with van der Waals surface area (Å²) in [6.45, 7) is 1.86. The maximum atomic E-state index is 14.5. The molecular weight excluding hydrogens is 386 g/mol. The maximum Gasteiger partial charge on any atom is 0.175 e. The lowest BCUT2D eigenvalue weighted by molar-refractivity contribution is 0.112. The van der Waals surface area contributed by atoms with E-state index in [9.17, 15) is 9.18 Å². The van der Waals surface area contributed by atoms with Crippen LogP contribution < -0.4 is 5.32 Å². The number of nitrogens with zero attached hydrogens (tertiary/aromatic N) is 2. The summed E-state index contributed by atoms with van der Waals surface area (Å²) in [5.74, 6) is -0.0668. The van der Waals surface area contributed by atoms with Crippen molar-refractivity contribution in [2.45, 2.75) is 6.92 Å². The SMILES string of the molecule is Cc1cc(I)cnc1Nc1c(C=O)cc2[nH]cnc2c1F. The van der Waals surface area contributed by atoms with E-state index < -0.39 is 5.82 Å². The van der Waals surface area contributed by atoms with Crippen molar-refractivity contribution in [1.82, 2.24) is 15.0 Å². The van der Waals surface area contributed by atoms with Gasteiger partial charge >= 0.3 is 0 Å². The first-order valence-electron chi connectivity index (χ1n) is 6.10. The van der Waals surface area contributed by atoms with Gasteiger partial charge in [0.15, 0.2) is 12.1 Å². The summed E-state index contributed by atoms with van der Waals surface area (Å²) >= 11 is 2.15. The normalized spacial score (nSPS) is 10.8. The van der Waals surface area contributed by atoms with Gasteiger partial charge in [-0.25, -0.2) is 14.4 Å². The fourth-order valence-corrected chi connectivity index (χ4v) is 2.68. The van der Waals surface area contributed by atoms with Gasteiger partial charge in [0.25, 0.3) is 0 Å². The molecule has 3 aromatic rings. The molecule has 2 N–H and O–H groups in total. The quantitative estimate of drug-likeness (QED) is 0.525. The van der Waals surface area contributed by atoms with Crippen LogP contribution in [0.25, 0.3) is 11.0 Å². The molecule has 0 atom stereocenters. The Labute approximate surface area is 133 Å². The molecule has 0 aliphatic heterocycles. The van der Waals surface area contributed by atoms with Crippen LogP contribution in [-0.2, 0) is 0 Å². The standard InChI is InChI=1S/C14H10FIN4O/c1-7-2-9(16)4-17-14(7)20-12-8(5-21)3-10-13(11(12)15)19-6-18-10/h2-6H,1H3,(H,17,20)(H,18,19). The van der Waals surface area contributed by atoms with E-state index in [-0.39, 0.29) is 16.8 Å². The zero-order valence-corrected chi connectivity index (χ0v) is 13.1. The van der Waals surface area contributed by atoms with Crippen LogP contribution in [0.1, 0.15) is 15.9 Å². The second-order valence-electron chi connectivity index (χ2n) is 4.52. The maximum absolute atomic E-state index is 14.5. The Morgan fingerprint density at radius 2 is 2.19 bits per heavy atom. The van der Waals surface area contributed by atoms with Crippen LogP contribution in [0.2, 0.25) is 0 Å². The predicted molar refractivity (Wildman–Crippen MR) is 86.4 cm³/mol. The zero-order valence-electron chi connectivity index (χ0n) is 10.9. The molecule has 0 radical (unpaired) electrons. The van der Waals surface area contributed by atoms with Crippen LogP contribution in [0.15, 0.2) is 24.7 Å². The van der Waals surface area contributed by atoms with Gasteiger partial charge in [0, 0.05) is 15.3 Å². The van der Waals surface area contributed by atoms with Crippen LogP contribution in [-0.4, -0.2) is 21.2 Å². The van der Waals surface area contributed by atoms with E-state index in [1.54, 1.807) is 12.3 Å². The third-order valence-electron chi connectivity index (χ3n) is 3.10. The Bertz CT molecular complexity index is 846. The molecule has 0 aliphatic rings. The summed E-state index contributed by atoms with van der Waals surface area (Å²) in [6.07, 6.45) is 3.66. The molecule has 0 amide bonds. The first-order chi connectivity index (χ1) is 10.1. The minimum Gasteiger partial charge on any atom is -0.344 e. The second-order valence-corrected chi connectivity index (χ2v) is 5.76. The van der Waals surface area contributed by atoms with Crippen LogP contribution in [0.5, 0.6) is 0 Å². The molecule has 21 heavy (non-hydrogen) atoms. The molecule has 0 unspecified atom stereocenters. The smallest absolute Gasteiger partial charge is 0.175 e. The highest BCUT2D eigenvalue weighted by molar-refractivity contribution is 14.1. The summed E-state index contributed by atoms with van der Waals surface area (Å²) in [5, 5.41) is 2.89. The van der Waals surface area contributed by atoms with Crippen molar-refractivity contribution in [2.75, 3.05) is 5.32 Å². The van der Waals surface area contributed by atoms with Gasteiger partial charge in [-0.2, -0.15) is 0 Å². The Morgan fingerprint density at radius 1 is 1.38 bits per heavy atom. The van der Waals surface area contributed by atoms with Gasteiger partial charge in [-0.15, -0.1) is 0 Å². The Balaban J connectivity index is 2.14. The number of aldehydes is 1. The molecule has 0 saturated heterocycles. The number of carbonyl (C=O) groups is 1. The second kappa shape index (κ2) is 5.40. The Hall–Kier alpha value is -2.03. The molecule has 7 heteroatoms. The van der Waals surface area contributed by atoms with Gasteiger partial charge in [-0.3, -0.25) is 4.79 Å². The first-order valence-corrected chi connectivity index (χ1v) is 7.18. The average molecular weight is 396 g/mol. The molecule has 3 rings (SSSR count).